The van der Waals surface area contributed by atoms with Crippen LogP contribution in [0.2, 0.25) is 0 Å². The van der Waals surface area contributed by atoms with E-state index in [-0.39, 0.29) is 57.5 Å². The first-order valence-electron chi connectivity index (χ1n) is 8.50. The number of hydrogen-bond donors (Lipinski definition) is 1. The average Bonchev–Trinajstić information content (AvgIpc) is 2.38. The first-order chi connectivity index (χ1) is 9.88. The molecule has 0 amide bonds. The molecule has 0 fully saturated rings. The summed E-state index contributed by atoms with van der Waals surface area (Å²) in [6.07, 6.45) is 10.7. The van der Waals surface area contributed by atoms with Crippen LogP contribution < -0.4 is 51.4 Å². The molecule has 6 heteroatoms. The zero-order valence-corrected chi connectivity index (χ0v) is 18.7. The first-order valence-corrected chi connectivity index (χ1v) is 9.97. The summed E-state index contributed by atoms with van der Waals surface area (Å²) in [6.45, 7) is 3.90. The number of hydrogen-bond acceptors (Lipinski definition) is 4. The van der Waals surface area contributed by atoms with Crippen molar-refractivity contribution >= 4 is 10.1 Å². The third-order valence-corrected chi connectivity index (χ3v) is 5.22. The molecular formula is C16H33KO4S. The fourth-order valence-electron chi connectivity index (χ4n) is 2.57. The fraction of sp³-hybridized carbons (Fsp3) is 1.00. The maximum Gasteiger partial charge on any atom is 1.00 e. The standard InChI is InChI=1S/C16H34O4S.K/c1-3-4-5-6-7-8-9-13-16(21(18,19)20)14-11-10-12-15(2)17;/h15-17H,3-14H2,1-2H3,(H,18,19,20);/q;+1/p-1. The molecule has 1 N–H and O–H groups in total. The summed E-state index contributed by atoms with van der Waals surface area (Å²) in [5.74, 6) is 0. The van der Waals surface area contributed by atoms with Crippen molar-refractivity contribution in [3.63, 3.8) is 0 Å². The van der Waals surface area contributed by atoms with Gasteiger partial charge in [-0.1, -0.05) is 64.7 Å². The molecule has 0 aromatic carbocycles. The second-order valence-corrected chi connectivity index (χ2v) is 7.81. The molecule has 0 radical (unpaired) electrons. The summed E-state index contributed by atoms with van der Waals surface area (Å²) >= 11 is 0. The predicted octanol–water partition coefficient (Wildman–Crippen LogP) is 0.986. The van der Waals surface area contributed by atoms with E-state index in [0.717, 1.165) is 25.7 Å². The van der Waals surface area contributed by atoms with Crippen LogP contribution in [-0.2, 0) is 10.1 Å². The minimum atomic E-state index is -4.18. The molecule has 0 aromatic rings. The third-order valence-electron chi connectivity index (χ3n) is 3.94. The van der Waals surface area contributed by atoms with Crippen LogP contribution in [-0.4, -0.2) is 29.4 Å². The summed E-state index contributed by atoms with van der Waals surface area (Å²) in [6, 6.07) is 0. The van der Waals surface area contributed by atoms with Crippen molar-refractivity contribution in [2.24, 2.45) is 0 Å². The van der Waals surface area contributed by atoms with Crippen LogP contribution >= 0.6 is 0 Å². The molecular weight excluding hydrogens is 327 g/mol. The summed E-state index contributed by atoms with van der Waals surface area (Å²) in [7, 11) is -4.18. The maximum atomic E-state index is 11.3. The van der Waals surface area contributed by atoms with Gasteiger partial charge < -0.3 is 9.66 Å². The molecule has 0 spiro atoms. The smallest absolute Gasteiger partial charge is 0.748 e. The number of unbranched alkanes of at least 4 members (excludes halogenated alkanes) is 7. The zero-order chi connectivity index (χ0) is 16.1. The minimum absolute atomic E-state index is 0. The van der Waals surface area contributed by atoms with Gasteiger partial charge in [-0.2, -0.15) is 0 Å². The number of rotatable bonds is 14. The van der Waals surface area contributed by atoms with E-state index in [9.17, 15) is 13.0 Å². The molecule has 4 nitrogen and oxygen atoms in total. The number of aliphatic hydroxyl groups is 1. The zero-order valence-electron chi connectivity index (χ0n) is 14.7. The van der Waals surface area contributed by atoms with Gasteiger partial charge in [0.1, 0.15) is 0 Å². The van der Waals surface area contributed by atoms with Gasteiger partial charge in [0.25, 0.3) is 0 Å². The van der Waals surface area contributed by atoms with Crippen LogP contribution in [0.1, 0.15) is 90.9 Å². The third kappa shape index (κ3) is 16.4. The molecule has 22 heavy (non-hydrogen) atoms. The van der Waals surface area contributed by atoms with E-state index in [2.05, 4.69) is 6.92 Å². The van der Waals surface area contributed by atoms with Gasteiger partial charge in [-0.05, 0) is 26.2 Å². The van der Waals surface area contributed by atoms with Crippen LogP contribution in [0.15, 0.2) is 0 Å². The van der Waals surface area contributed by atoms with E-state index in [4.69, 9.17) is 5.11 Å². The second kappa shape index (κ2) is 16.0. The van der Waals surface area contributed by atoms with Crippen molar-refractivity contribution in [2.75, 3.05) is 0 Å². The van der Waals surface area contributed by atoms with Crippen molar-refractivity contribution in [3.05, 3.63) is 0 Å². The molecule has 0 aliphatic rings. The van der Waals surface area contributed by atoms with E-state index >= 15 is 0 Å². The molecule has 2 unspecified atom stereocenters. The van der Waals surface area contributed by atoms with E-state index in [0.29, 0.717) is 25.7 Å². The fourth-order valence-corrected chi connectivity index (χ4v) is 3.48. The largest absolute Gasteiger partial charge is 1.00 e. The first kappa shape index (κ1) is 25.7. The van der Waals surface area contributed by atoms with Crippen molar-refractivity contribution in [2.45, 2.75) is 102 Å². The Hall–Kier alpha value is 1.51. The molecule has 0 heterocycles. The van der Waals surface area contributed by atoms with Crippen molar-refractivity contribution < 1.29 is 69.5 Å². The topological polar surface area (TPSA) is 77.4 Å². The van der Waals surface area contributed by atoms with Gasteiger partial charge in [-0.15, -0.1) is 0 Å². The SMILES string of the molecule is CCCCCCCCCC(CCCCC(C)O)S(=O)(=O)[O-].[K+]. The molecule has 0 bridgehead atoms. The van der Waals surface area contributed by atoms with Gasteiger partial charge in [-0.3, -0.25) is 0 Å². The maximum absolute atomic E-state index is 11.3. The molecule has 0 aromatic heterocycles. The van der Waals surface area contributed by atoms with Crippen LogP contribution in [0.5, 0.6) is 0 Å². The second-order valence-electron chi connectivity index (χ2n) is 6.16. The van der Waals surface area contributed by atoms with Gasteiger partial charge in [0, 0.05) is 5.25 Å². The number of aliphatic hydroxyl groups excluding tert-OH is 1. The summed E-state index contributed by atoms with van der Waals surface area (Å²) in [4.78, 5) is 0. The Kier molecular flexibility index (Phi) is 18.7. The summed E-state index contributed by atoms with van der Waals surface area (Å²) in [5.41, 5.74) is 0. The predicted molar refractivity (Wildman–Crippen MR) is 86.2 cm³/mol. The van der Waals surface area contributed by atoms with Crippen molar-refractivity contribution in [1.82, 2.24) is 0 Å². The molecule has 0 saturated carbocycles. The molecule has 0 rings (SSSR count). The monoisotopic (exact) mass is 360 g/mol. The van der Waals surface area contributed by atoms with Gasteiger partial charge in [0.15, 0.2) is 0 Å². The van der Waals surface area contributed by atoms with Gasteiger partial charge >= 0.3 is 51.4 Å². The van der Waals surface area contributed by atoms with Crippen LogP contribution in [0.3, 0.4) is 0 Å². The Balaban J connectivity index is 0. The Morgan fingerprint density at radius 2 is 1.27 bits per heavy atom. The molecule has 0 aliphatic carbocycles. The van der Waals surface area contributed by atoms with E-state index < -0.39 is 15.4 Å². The Morgan fingerprint density at radius 3 is 1.73 bits per heavy atom. The van der Waals surface area contributed by atoms with Crippen LogP contribution in [0.25, 0.3) is 0 Å². The normalized spacial score (nSPS) is 14.4. The van der Waals surface area contributed by atoms with Gasteiger partial charge in [0.05, 0.1) is 16.2 Å². The van der Waals surface area contributed by atoms with Crippen molar-refractivity contribution in [3.8, 4) is 0 Å². The molecule has 0 saturated heterocycles. The van der Waals surface area contributed by atoms with Crippen LogP contribution in [0.4, 0.5) is 0 Å². The van der Waals surface area contributed by atoms with E-state index in [1.54, 1.807) is 6.92 Å². The Bertz CT molecular complexity index is 331. The minimum Gasteiger partial charge on any atom is -0.748 e. The average molecular weight is 361 g/mol. The van der Waals surface area contributed by atoms with Crippen molar-refractivity contribution in [1.29, 1.82) is 0 Å². The molecule has 2 atom stereocenters. The Labute approximate surface area is 180 Å². The Morgan fingerprint density at radius 1 is 0.864 bits per heavy atom. The van der Waals surface area contributed by atoms with E-state index in [1.807, 2.05) is 0 Å². The molecule has 128 valence electrons. The van der Waals surface area contributed by atoms with Crippen LogP contribution in [0, 0.1) is 0 Å². The molecule has 0 aliphatic heterocycles. The van der Waals surface area contributed by atoms with Gasteiger partial charge in [0.2, 0.25) is 0 Å². The summed E-state index contributed by atoms with van der Waals surface area (Å²) in [5, 5.41) is 8.43. The van der Waals surface area contributed by atoms with Gasteiger partial charge in [-0.25, -0.2) is 8.42 Å². The quantitative estimate of drug-likeness (QED) is 0.285. The summed E-state index contributed by atoms with van der Waals surface area (Å²) < 4.78 is 33.8. The van der Waals surface area contributed by atoms with E-state index in [1.165, 1.54) is 25.7 Å².